The molecule has 3 rings (SSSR count). The van der Waals surface area contributed by atoms with Gasteiger partial charge in [-0.3, -0.25) is 4.79 Å². The minimum atomic E-state index is -3.57. The summed E-state index contributed by atoms with van der Waals surface area (Å²) in [6.07, 6.45) is 1.75. The number of ether oxygens (including phenoxy) is 1. The molecule has 1 aliphatic rings. The Morgan fingerprint density at radius 1 is 1.00 bits per heavy atom. The van der Waals surface area contributed by atoms with Crippen LogP contribution in [0.1, 0.15) is 39.9 Å². The zero-order chi connectivity index (χ0) is 21.0. The maximum Gasteiger partial charge on any atom is 0.251 e. The fourth-order valence-corrected chi connectivity index (χ4v) is 5.09. The molecule has 1 saturated heterocycles. The average Bonchev–Trinajstić information content (AvgIpc) is 3.23. The molecule has 7 heteroatoms. The number of sulfonamides is 1. The van der Waals surface area contributed by atoms with E-state index in [0.717, 1.165) is 24.2 Å². The number of rotatable bonds is 7. The molecule has 156 valence electrons. The predicted octanol–water partition coefficient (Wildman–Crippen LogP) is 3.21. The van der Waals surface area contributed by atoms with Crippen LogP contribution in [-0.2, 0) is 10.0 Å². The largest absolute Gasteiger partial charge is 0.492 e. The summed E-state index contributed by atoms with van der Waals surface area (Å²) in [5.41, 5.74) is 3.33. The van der Waals surface area contributed by atoms with Crippen LogP contribution in [0.25, 0.3) is 0 Å². The molecule has 2 aromatic rings. The Morgan fingerprint density at radius 3 is 2.38 bits per heavy atom. The van der Waals surface area contributed by atoms with Gasteiger partial charge in [-0.05, 0) is 74.6 Å². The molecule has 1 aliphatic heterocycles. The predicted molar refractivity (Wildman–Crippen MR) is 113 cm³/mol. The molecule has 6 nitrogen and oxygen atoms in total. The van der Waals surface area contributed by atoms with Crippen LogP contribution in [0.3, 0.4) is 0 Å². The van der Waals surface area contributed by atoms with Crippen LogP contribution < -0.4 is 10.1 Å². The van der Waals surface area contributed by atoms with Crippen LogP contribution in [0, 0.1) is 20.8 Å². The monoisotopic (exact) mass is 416 g/mol. The van der Waals surface area contributed by atoms with Crippen molar-refractivity contribution < 1.29 is 17.9 Å². The van der Waals surface area contributed by atoms with Gasteiger partial charge in [0.15, 0.2) is 0 Å². The Balaban J connectivity index is 1.61. The highest BCUT2D eigenvalue weighted by Gasteiger charge is 2.29. The number of carbonyl (C=O) groups excluding carboxylic acids is 1. The first-order valence-corrected chi connectivity index (χ1v) is 11.3. The minimum Gasteiger partial charge on any atom is -0.492 e. The summed E-state index contributed by atoms with van der Waals surface area (Å²) in [5.74, 6) is 0.447. The van der Waals surface area contributed by atoms with Gasteiger partial charge in [0, 0.05) is 18.7 Å². The molecular formula is C22H28N2O4S. The second-order valence-electron chi connectivity index (χ2n) is 7.44. The van der Waals surface area contributed by atoms with Crippen LogP contribution in [0.4, 0.5) is 0 Å². The van der Waals surface area contributed by atoms with Gasteiger partial charge in [-0.25, -0.2) is 8.42 Å². The summed E-state index contributed by atoms with van der Waals surface area (Å²) in [6.45, 7) is 7.55. The lowest BCUT2D eigenvalue weighted by molar-refractivity contribution is 0.0946. The number of hydrogen-bond acceptors (Lipinski definition) is 4. The van der Waals surface area contributed by atoms with Gasteiger partial charge >= 0.3 is 0 Å². The molecule has 29 heavy (non-hydrogen) atoms. The van der Waals surface area contributed by atoms with Gasteiger partial charge in [-0.1, -0.05) is 12.1 Å². The lowest BCUT2D eigenvalue weighted by atomic mass is 10.1. The molecule has 0 aliphatic carbocycles. The number of benzene rings is 2. The number of aryl methyl sites for hydroxylation is 3. The molecule has 0 unspecified atom stereocenters. The van der Waals surface area contributed by atoms with Crippen LogP contribution >= 0.6 is 0 Å². The smallest absolute Gasteiger partial charge is 0.251 e. The molecular weight excluding hydrogens is 388 g/mol. The van der Waals surface area contributed by atoms with Gasteiger partial charge in [-0.2, -0.15) is 4.31 Å². The van der Waals surface area contributed by atoms with E-state index in [9.17, 15) is 13.2 Å². The Kier molecular flexibility index (Phi) is 6.59. The molecule has 0 aromatic heterocycles. The van der Waals surface area contributed by atoms with Crippen molar-refractivity contribution in [2.75, 3.05) is 26.2 Å². The van der Waals surface area contributed by atoms with E-state index in [1.807, 2.05) is 32.0 Å². The average molecular weight is 417 g/mol. The van der Waals surface area contributed by atoms with Crippen LogP contribution in [0.5, 0.6) is 5.75 Å². The normalized spacial score (nSPS) is 14.7. The number of carbonyl (C=O) groups is 1. The summed E-state index contributed by atoms with van der Waals surface area (Å²) < 4.78 is 32.9. The Bertz CT molecular complexity index is 996. The lowest BCUT2D eigenvalue weighted by Gasteiger charge is -2.18. The summed E-state index contributed by atoms with van der Waals surface area (Å²) >= 11 is 0. The molecule has 0 saturated carbocycles. The molecule has 0 spiro atoms. The molecule has 0 atom stereocenters. The first-order chi connectivity index (χ1) is 13.8. The van der Waals surface area contributed by atoms with Crippen molar-refractivity contribution in [3.8, 4) is 5.75 Å². The van der Waals surface area contributed by atoms with Gasteiger partial charge in [0.05, 0.1) is 11.4 Å². The maximum atomic E-state index is 12.9. The van der Waals surface area contributed by atoms with E-state index in [0.29, 0.717) is 37.4 Å². The standard InChI is InChI=1S/C22H28N2O4S/c1-16-7-9-20(14-18(16)3)28-13-10-23-22(25)19-8-6-17(2)21(15-19)29(26,27)24-11-4-5-12-24/h6-9,14-15H,4-5,10-13H2,1-3H3,(H,23,25). The van der Waals surface area contributed by atoms with Gasteiger partial charge in [0.2, 0.25) is 10.0 Å². The molecule has 0 bridgehead atoms. The summed E-state index contributed by atoms with van der Waals surface area (Å²) in [7, 11) is -3.57. The third kappa shape index (κ3) is 4.97. The van der Waals surface area contributed by atoms with Crippen LogP contribution in [0.15, 0.2) is 41.3 Å². The fraction of sp³-hybridized carbons (Fsp3) is 0.409. The van der Waals surface area contributed by atoms with Crippen LogP contribution in [0.2, 0.25) is 0 Å². The number of nitrogens with zero attached hydrogens (tertiary/aromatic N) is 1. The van der Waals surface area contributed by atoms with E-state index >= 15 is 0 Å². The highest BCUT2D eigenvalue weighted by Crippen LogP contribution is 2.24. The van der Waals surface area contributed by atoms with Crippen molar-refractivity contribution in [2.24, 2.45) is 0 Å². The third-order valence-electron chi connectivity index (χ3n) is 5.27. The van der Waals surface area contributed by atoms with Gasteiger partial charge < -0.3 is 10.1 Å². The van der Waals surface area contributed by atoms with E-state index in [-0.39, 0.29) is 10.8 Å². The number of nitrogens with one attached hydrogen (secondary N) is 1. The lowest BCUT2D eigenvalue weighted by Crippen LogP contribution is -2.30. The Labute approximate surface area is 172 Å². The van der Waals surface area contributed by atoms with Gasteiger partial charge in [0.25, 0.3) is 5.91 Å². The van der Waals surface area contributed by atoms with Gasteiger partial charge in [-0.15, -0.1) is 0 Å². The Morgan fingerprint density at radius 2 is 1.69 bits per heavy atom. The van der Waals surface area contributed by atoms with Crippen molar-refractivity contribution in [1.29, 1.82) is 0 Å². The van der Waals surface area contributed by atoms with Crippen molar-refractivity contribution in [3.05, 3.63) is 58.7 Å². The highest BCUT2D eigenvalue weighted by molar-refractivity contribution is 7.89. The van der Waals surface area contributed by atoms with E-state index in [1.54, 1.807) is 19.1 Å². The molecule has 1 heterocycles. The SMILES string of the molecule is Cc1ccc(OCCNC(=O)c2ccc(C)c(S(=O)(=O)N3CCCC3)c2)cc1C. The van der Waals surface area contributed by atoms with Crippen molar-refractivity contribution in [2.45, 2.75) is 38.5 Å². The minimum absolute atomic E-state index is 0.207. The van der Waals surface area contributed by atoms with Gasteiger partial charge in [0.1, 0.15) is 12.4 Å². The molecule has 1 fully saturated rings. The second-order valence-corrected chi connectivity index (χ2v) is 9.35. The zero-order valence-electron chi connectivity index (χ0n) is 17.2. The first-order valence-electron chi connectivity index (χ1n) is 9.88. The second kappa shape index (κ2) is 8.97. The number of amides is 1. The quantitative estimate of drug-likeness (QED) is 0.704. The molecule has 0 radical (unpaired) electrons. The maximum absolute atomic E-state index is 12.9. The van der Waals surface area contributed by atoms with E-state index < -0.39 is 10.0 Å². The van der Waals surface area contributed by atoms with Crippen LogP contribution in [-0.4, -0.2) is 44.9 Å². The summed E-state index contributed by atoms with van der Waals surface area (Å²) in [4.78, 5) is 12.7. The first kappa shape index (κ1) is 21.3. The van der Waals surface area contributed by atoms with E-state index in [4.69, 9.17) is 4.74 Å². The van der Waals surface area contributed by atoms with Crippen molar-refractivity contribution >= 4 is 15.9 Å². The summed E-state index contributed by atoms with van der Waals surface area (Å²) in [6, 6.07) is 10.7. The Hall–Kier alpha value is -2.38. The molecule has 2 aromatic carbocycles. The highest BCUT2D eigenvalue weighted by atomic mass is 32.2. The van der Waals surface area contributed by atoms with E-state index in [1.165, 1.54) is 15.9 Å². The summed E-state index contributed by atoms with van der Waals surface area (Å²) in [5, 5.41) is 2.79. The zero-order valence-corrected chi connectivity index (χ0v) is 18.0. The third-order valence-corrected chi connectivity index (χ3v) is 7.31. The van der Waals surface area contributed by atoms with E-state index in [2.05, 4.69) is 5.32 Å². The number of hydrogen-bond donors (Lipinski definition) is 1. The van der Waals surface area contributed by atoms with Crippen molar-refractivity contribution in [1.82, 2.24) is 9.62 Å². The fourth-order valence-electron chi connectivity index (χ4n) is 3.33. The molecule has 1 N–H and O–H groups in total. The topological polar surface area (TPSA) is 75.7 Å². The van der Waals surface area contributed by atoms with Crippen molar-refractivity contribution in [3.63, 3.8) is 0 Å². The molecule has 1 amide bonds.